The van der Waals surface area contributed by atoms with E-state index in [0.717, 1.165) is 17.8 Å². The summed E-state index contributed by atoms with van der Waals surface area (Å²) in [5, 5.41) is 0. The van der Waals surface area contributed by atoms with Gasteiger partial charge in [0.1, 0.15) is 4.45 Å². The van der Waals surface area contributed by atoms with Gasteiger partial charge in [-0.1, -0.05) is 119 Å². The van der Waals surface area contributed by atoms with E-state index in [1.54, 1.807) is 0 Å². The summed E-state index contributed by atoms with van der Waals surface area (Å²) in [6.45, 7) is 0. The van der Waals surface area contributed by atoms with E-state index in [4.69, 9.17) is 0 Å². The van der Waals surface area contributed by atoms with E-state index >= 15 is 0 Å². The molecule has 0 radical (unpaired) electrons. The molecule has 1 aliphatic rings. The smallest absolute Gasteiger partial charge is 0.122 e. The molecule has 0 spiro atoms. The van der Waals surface area contributed by atoms with Crippen LogP contribution in [0.15, 0.2) is 133 Å². The number of para-hydroxylation sites is 1. The largest absolute Gasteiger partial charge is 0.322 e. The van der Waals surface area contributed by atoms with Gasteiger partial charge in [0.2, 0.25) is 0 Å². The molecule has 0 heterocycles. The van der Waals surface area contributed by atoms with Crippen molar-refractivity contribution in [1.82, 2.24) is 0 Å². The fraction of sp³-hybridized carbons (Fsp3) is 0.0667. The van der Waals surface area contributed by atoms with Gasteiger partial charge in [0, 0.05) is 17.8 Å². The van der Waals surface area contributed by atoms with E-state index in [9.17, 15) is 0 Å². The van der Waals surface area contributed by atoms with Crippen molar-refractivity contribution in [2.24, 2.45) is 0 Å². The maximum absolute atomic E-state index is 4.09. The van der Waals surface area contributed by atoms with Crippen LogP contribution in [0, 0.1) is 0 Å². The number of halogens is 1. The van der Waals surface area contributed by atoms with Crippen molar-refractivity contribution in [3.05, 3.63) is 139 Å². The Hall–Kier alpha value is -3.36. The van der Waals surface area contributed by atoms with Gasteiger partial charge in [0.05, 0.1) is 0 Å². The third-order valence-corrected chi connectivity index (χ3v) is 6.80. The van der Waals surface area contributed by atoms with Gasteiger partial charge in [-0.3, -0.25) is 0 Å². The molecule has 0 saturated carbocycles. The van der Waals surface area contributed by atoms with Crippen LogP contribution in [0.2, 0.25) is 0 Å². The monoisotopic (exact) mass is 477 g/mol. The van der Waals surface area contributed by atoms with Crippen LogP contribution in [0.3, 0.4) is 0 Å². The number of alkyl halides is 1. The maximum atomic E-state index is 4.09. The first kappa shape index (κ1) is 20.5. The Kier molecular flexibility index (Phi) is 5.79. The summed E-state index contributed by atoms with van der Waals surface area (Å²) in [5.74, 6) is 0. The zero-order chi connectivity index (χ0) is 21.8. The SMILES string of the molecule is BrC1(N(c2ccccc2)c2ccc(-c3ccccc3)cc2)C=CC(c2ccccc2)=CC1. The predicted octanol–water partition coefficient (Wildman–Crippen LogP) is 8.63. The van der Waals surface area contributed by atoms with Crippen LogP contribution in [0.4, 0.5) is 11.4 Å². The Morgan fingerprint density at radius 1 is 0.562 bits per heavy atom. The molecule has 0 N–H and O–H groups in total. The highest BCUT2D eigenvalue weighted by Crippen LogP contribution is 2.43. The standard InChI is InChI=1S/C30H24BrN/c31-30(22-20-27(21-23-30)25-12-6-2-7-13-25)32(28-14-8-3-9-15-28)29-18-16-26(17-19-29)24-10-4-1-5-11-24/h1-22H,23H2. The molecular formula is C30H24BrN. The third kappa shape index (κ3) is 4.19. The molecule has 32 heavy (non-hydrogen) atoms. The van der Waals surface area contributed by atoms with Gasteiger partial charge in [-0.05, 0) is 52.6 Å². The first-order valence-corrected chi connectivity index (χ1v) is 11.7. The number of nitrogens with zero attached hydrogens (tertiary/aromatic N) is 1. The van der Waals surface area contributed by atoms with Crippen molar-refractivity contribution in [3.8, 4) is 11.1 Å². The summed E-state index contributed by atoms with van der Waals surface area (Å²) in [6.07, 6.45) is 7.66. The molecule has 2 heteroatoms. The first-order chi connectivity index (χ1) is 15.7. The molecule has 1 atom stereocenters. The van der Waals surface area contributed by atoms with Crippen LogP contribution in [0.25, 0.3) is 16.7 Å². The van der Waals surface area contributed by atoms with Crippen LogP contribution < -0.4 is 4.90 Å². The predicted molar refractivity (Wildman–Crippen MR) is 140 cm³/mol. The second-order valence-electron chi connectivity index (χ2n) is 7.97. The molecular weight excluding hydrogens is 454 g/mol. The summed E-state index contributed by atoms with van der Waals surface area (Å²) in [6, 6.07) is 40.5. The quantitative estimate of drug-likeness (QED) is 0.205. The fourth-order valence-electron chi connectivity index (χ4n) is 4.21. The van der Waals surface area contributed by atoms with Gasteiger partial charge in [0.25, 0.3) is 0 Å². The molecule has 4 aromatic carbocycles. The molecule has 5 rings (SSSR count). The Balaban J connectivity index is 1.50. The Morgan fingerprint density at radius 2 is 1.06 bits per heavy atom. The lowest BCUT2D eigenvalue weighted by atomic mass is 9.95. The number of hydrogen-bond acceptors (Lipinski definition) is 1. The van der Waals surface area contributed by atoms with Crippen LogP contribution >= 0.6 is 15.9 Å². The first-order valence-electron chi connectivity index (χ1n) is 10.9. The molecule has 0 fully saturated rings. The number of anilines is 2. The number of hydrogen-bond donors (Lipinski definition) is 0. The van der Waals surface area contributed by atoms with E-state index < -0.39 is 0 Å². The van der Waals surface area contributed by atoms with Crippen molar-refractivity contribution in [3.63, 3.8) is 0 Å². The van der Waals surface area contributed by atoms with E-state index in [-0.39, 0.29) is 4.45 Å². The summed E-state index contributed by atoms with van der Waals surface area (Å²) in [7, 11) is 0. The van der Waals surface area contributed by atoms with E-state index in [0.29, 0.717) is 0 Å². The van der Waals surface area contributed by atoms with Gasteiger partial charge in [-0.25, -0.2) is 0 Å². The molecule has 1 nitrogen and oxygen atoms in total. The fourth-order valence-corrected chi connectivity index (χ4v) is 4.91. The van der Waals surface area contributed by atoms with Crippen LogP contribution in [-0.4, -0.2) is 4.45 Å². The second kappa shape index (κ2) is 9.02. The average Bonchev–Trinajstić information content (AvgIpc) is 2.87. The van der Waals surface area contributed by atoms with E-state index in [1.165, 1.54) is 22.3 Å². The van der Waals surface area contributed by atoms with Crippen molar-refractivity contribution >= 4 is 32.9 Å². The Bertz CT molecular complexity index is 1230. The minimum absolute atomic E-state index is 0.346. The van der Waals surface area contributed by atoms with Gasteiger partial charge in [0.15, 0.2) is 0 Å². The Labute approximate surface area is 198 Å². The zero-order valence-electron chi connectivity index (χ0n) is 17.7. The number of benzene rings is 4. The highest BCUT2D eigenvalue weighted by molar-refractivity contribution is 9.10. The lowest BCUT2D eigenvalue weighted by molar-refractivity contribution is 0.741. The van der Waals surface area contributed by atoms with Crippen LogP contribution in [-0.2, 0) is 0 Å². The lowest BCUT2D eigenvalue weighted by Gasteiger charge is -2.40. The molecule has 0 saturated heterocycles. The van der Waals surface area contributed by atoms with Gasteiger partial charge >= 0.3 is 0 Å². The third-order valence-electron chi connectivity index (χ3n) is 5.85. The van der Waals surface area contributed by atoms with Crippen molar-refractivity contribution in [1.29, 1.82) is 0 Å². The summed E-state index contributed by atoms with van der Waals surface area (Å²) in [5.41, 5.74) is 7.25. The molecule has 0 bridgehead atoms. The van der Waals surface area contributed by atoms with Gasteiger partial charge in [-0.15, -0.1) is 0 Å². The van der Waals surface area contributed by atoms with Gasteiger partial charge < -0.3 is 4.90 Å². The number of allylic oxidation sites excluding steroid dienone is 2. The van der Waals surface area contributed by atoms with Gasteiger partial charge in [-0.2, -0.15) is 0 Å². The van der Waals surface area contributed by atoms with E-state index in [2.05, 4.69) is 154 Å². The zero-order valence-corrected chi connectivity index (χ0v) is 19.3. The van der Waals surface area contributed by atoms with Crippen LogP contribution in [0.5, 0.6) is 0 Å². The molecule has 156 valence electrons. The maximum Gasteiger partial charge on any atom is 0.122 e. The highest BCUT2D eigenvalue weighted by Gasteiger charge is 2.34. The molecule has 1 aliphatic carbocycles. The normalized spacial score (nSPS) is 17.6. The lowest BCUT2D eigenvalue weighted by Crippen LogP contribution is -2.39. The number of rotatable bonds is 5. The topological polar surface area (TPSA) is 3.24 Å². The molecule has 1 unspecified atom stereocenters. The average molecular weight is 478 g/mol. The Morgan fingerprint density at radius 3 is 1.62 bits per heavy atom. The van der Waals surface area contributed by atoms with E-state index in [1.807, 2.05) is 0 Å². The minimum Gasteiger partial charge on any atom is -0.322 e. The summed E-state index contributed by atoms with van der Waals surface area (Å²) in [4.78, 5) is 2.37. The minimum atomic E-state index is -0.346. The molecule has 4 aromatic rings. The second-order valence-corrected chi connectivity index (χ2v) is 9.34. The molecule has 0 amide bonds. The molecule has 0 aromatic heterocycles. The van der Waals surface area contributed by atoms with Crippen molar-refractivity contribution < 1.29 is 0 Å². The summed E-state index contributed by atoms with van der Waals surface area (Å²) < 4.78 is -0.346. The van der Waals surface area contributed by atoms with Crippen molar-refractivity contribution in [2.75, 3.05) is 4.90 Å². The van der Waals surface area contributed by atoms with Crippen molar-refractivity contribution in [2.45, 2.75) is 10.9 Å². The van der Waals surface area contributed by atoms with Crippen LogP contribution in [0.1, 0.15) is 12.0 Å². The summed E-state index contributed by atoms with van der Waals surface area (Å²) >= 11 is 4.09. The highest BCUT2D eigenvalue weighted by atomic mass is 79.9. The molecule has 0 aliphatic heterocycles.